The van der Waals surface area contributed by atoms with Crippen molar-refractivity contribution in [3.8, 4) is 0 Å². The Balaban J connectivity index is 4.23. The number of allylic oxidation sites excluding steroid dienone is 12. The molecule has 0 bridgehead atoms. The van der Waals surface area contributed by atoms with Gasteiger partial charge in [0, 0.05) is 19.4 Å². The summed E-state index contributed by atoms with van der Waals surface area (Å²) < 4.78 is 32.8. The van der Waals surface area contributed by atoms with E-state index >= 15 is 0 Å². The number of carbonyl (C=O) groups is 2. The summed E-state index contributed by atoms with van der Waals surface area (Å²) in [5, 5.41) is 0. The third-order valence-corrected chi connectivity index (χ3v) is 10.0. The van der Waals surface area contributed by atoms with Crippen LogP contribution in [0.4, 0.5) is 0 Å². The quantitative estimate of drug-likeness (QED) is 0.0267. The lowest BCUT2D eigenvalue weighted by molar-refractivity contribution is -0.161. The van der Waals surface area contributed by atoms with Crippen LogP contribution in [0, 0.1) is 0 Å². The molecule has 0 saturated carbocycles. The third kappa shape index (κ3) is 42.9. The van der Waals surface area contributed by atoms with E-state index in [1.807, 2.05) is 0 Å². The summed E-state index contributed by atoms with van der Waals surface area (Å²) in [7, 11) is -4.39. The first-order valence-corrected chi connectivity index (χ1v) is 23.9. The van der Waals surface area contributed by atoms with E-state index in [1.165, 1.54) is 70.6 Å². The van der Waals surface area contributed by atoms with Crippen molar-refractivity contribution in [2.45, 2.75) is 187 Å². The van der Waals surface area contributed by atoms with Crippen LogP contribution in [0.5, 0.6) is 0 Å². The zero-order valence-corrected chi connectivity index (χ0v) is 36.9. The maximum atomic E-state index is 12.6. The van der Waals surface area contributed by atoms with E-state index in [0.29, 0.717) is 12.8 Å². The number of esters is 2. The summed E-state index contributed by atoms with van der Waals surface area (Å²) in [5.74, 6) is -0.878. The lowest BCUT2D eigenvalue weighted by Gasteiger charge is -2.19. The molecule has 328 valence electrons. The Morgan fingerprint density at radius 2 is 0.912 bits per heavy atom. The van der Waals surface area contributed by atoms with Gasteiger partial charge in [-0.2, -0.15) is 0 Å². The summed E-state index contributed by atoms with van der Waals surface area (Å²) in [6.07, 6.45) is 52.1. The Kier molecular flexibility index (Phi) is 41.1. The van der Waals surface area contributed by atoms with E-state index in [1.54, 1.807) is 0 Å². The van der Waals surface area contributed by atoms with Crippen LogP contribution in [0.25, 0.3) is 0 Å². The smallest absolute Gasteiger partial charge is 0.462 e. The molecule has 0 fully saturated rings. The lowest BCUT2D eigenvalue weighted by Crippen LogP contribution is -2.29. The van der Waals surface area contributed by atoms with Crippen molar-refractivity contribution in [2.75, 3.05) is 26.4 Å². The Labute approximate surface area is 348 Å². The van der Waals surface area contributed by atoms with E-state index in [0.717, 1.165) is 70.6 Å². The molecule has 0 amide bonds. The topological polar surface area (TPSA) is 134 Å². The van der Waals surface area contributed by atoms with E-state index in [4.69, 9.17) is 24.3 Å². The van der Waals surface area contributed by atoms with Gasteiger partial charge in [0.05, 0.1) is 13.2 Å². The van der Waals surface area contributed by atoms with Crippen LogP contribution in [0.3, 0.4) is 0 Å². The minimum absolute atomic E-state index is 0.0432. The molecule has 0 aromatic rings. The maximum absolute atomic E-state index is 12.6. The molecule has 0 aliphatic carbocycles. The van der Waals surface area contributed by atoms with Crippen LogP contribution < -0.4 is 5.73 Å². The van der Waals surface area contributed by atoms with Crippen LogP contribution in [-0.2, 0) is 32.7 Å². The summed E-state index contributed by atoms with van der Waals surface area (Å²) >= 11 is 0. The van der Waals surface area contributed by atoms with Crippen LogP contribution in [0.1, 0.15) is 181 Å². The first-order chi connectivity index (χ1) is 27.8. The van der Waals surface area contributed by atoms with Gasteiger partial charge in [0.25, 0.3) is 0 Å². The second kappa shape index (κ2) is 43.0. The Morgan fingerprint density at radius 3 is 1.37 bits per heavy atom. The Morgan fingerprint density at radius 1 is 0.526 bits per heavy atom. The molecule has 2 unspecified atom stereocenters. The lowest BCUT2D eigenvalue weighted by atomic mass is 10.1. The molecular formula is C47H82NO8P. The van der Waals surface area contributed by atoms with Gasteiger partial charge in [0.1, 0.15) is 6.61 Å². The number of phosphoric ester groups is 1. The van der Waals surface area contributed by atoms with Crippen molar-refractivity contribution in [3.05, 3.63) is 72.9 Å². The Bertz CT molecular complexity index is 1160. The van der Waals surface area contributed by atoms with Gasteiger partial charge in [-0.05, 0) is 89.9 Å². The summed E-state index contributed by atoms with van der Waals surface area (Å²) in [6, 6.07) is 0. The minimum Gasteiger partial charge on any atom is -0.462 e. The van der Waals surface area contributed by atoms with Crippen LogP contribution in [0.15, 0.2) is 72.9 Å². The van der Waals surface area contributed by atoms with Crippen LogP contribution >= 0.6 is 7.82 Å². The van der Waals surface area contributed by atoms with Crippen LogP contribution in [-0.4, -0.2) is 49.3 Å². The second-order valence-electron chi connectivity index (χ2n) is 14.6. The zero-order valence-electron chi connectivity index (χ0n) is 36.0. The normalized spacial score (nSPS) is 14.0. The van der Waals surface area contributed by atoms with Gasteiger partial charge in [-0.15, -0.1) is 0 Å². The molecule has 0 saturated heterocycles. The number of unbranched alkanes of at least 4 members (excludes halogenated alkanes) is 16. The number of ether oxygens (including phenoxy) is 2. The molecule has 0 aliphatic rings. The molecule has 57 heavy (non-hydrogen) atoms. The molecule has 10 heteroatoms. The molecular weight excluding hydrogens is 737 g/mol. The van der Waals surface area contributed by atoms with E-state index in [2.05, 4.69) is 86.8 Å². The van der Waals surface area contributed by atoms with Crippen molar-refractivity contribution in [3.63, 3.8) is 0 Å². The van der Waals surface area contributed by atoms with Crippen molar-refractivity contribution in [1.29, 1.82) is 0 Å². The fourth-order valence-corrected chi connectivity index (χ4v) is 6.47. The van der Waals surface area contributed by atoms with Gasteiger partial charge in [0.15, 0.2) is 6.10 Å². The maximum Gasteiger partial charge on any atom is 0.472 e. The van der Waals surface area contributed by atoms with Gasteiger partial charge in [-0.25, -0.2) is 4.57 Å². The van der Waals surface area contributed by atoms with E-state index in [9.17, 15) is 19.0 Å². The highest BCUT2D eigenvalue weighted by Crippen LogP contribution is 2.43. The average Bonchev–Trinajstić information content (AvgIpc) is 3.20. The first kappa shape index (κ1) is 54.5. The molecule has 9 nitrogen and oxygen atoms in total. The predicted molar refractivity (Wildman–Crippen MR) is 238 cm³/mol. The van der Waals surface area contributed by atoms with Gasteiger partial charge in [-0.3, -0.25) is 18.6 Å². The van der Waals surface area contributed by atoms with Gasteiger partial charge in [0.2, 0.25) is 0 Å². The largest absolute Gasteiger partial charge is 0.472 e. The highest BCUT2D eigenvalue weighted by atomic mass is 31.2. The molecule has 2 atom stereocenters. The van der Waals surface area contributed by atoms with E-state index in [-0.39, 0.29) is 32.6 Å². The number of hydrogen-bond donors (Lipinski definition) is 2. The second-order valence-corrected chi connectivity index (χ2v) is 16.0. The minimum atomic E-state index is -4.39. The number of phosphoric acid groups is 1. The van der Waals surface area contributed by atoms with Gasteiger partial charge in [-0.1, -0.05) is 151 Å². The molecule has 3 N–H and O–H groups in total. The zero-order chi connectivity index (χ0) is 41.8. The molecule has 0 spiro atoms. The average molecular weight is 820 g/mol. The predicted octanol–water partition coefficient (Wildman–Crippen LogP) is 13.1. The van der Waals surface area contributed by atoms with Crippen molar-refractivity contribution in [2.24, 2.45) is 5.73 Å². The molecule has 0 aromatic carbocycles. The van der Waals surface area contributed by atoms with Crippen molar-refractivity contribution >= 4 is 19.8 Å². The fourth-order valence-electron chi connectivity index (χ4n) is 5.71. The number of rotatable bonds is 41. The standard InChI is InChI=1S/C47H82NO8P/c1-3-5-7-9-11-13-15-17-19-21-22-24-26-28-30-32-34-36-38-40-47(50)56-45(44-55-57(51,52)54-42-41-48)43-53-46(49)39-37-35-33-31-29-27-25-23-20-18-16-14-12-10-8-6-4-2/h11-14,17-20,22,24,28,30,45H,3-10,15-16,21,23,25-27,29,31-44,48H2,1-2H3,(H,51,52). The van der Waals surface area contributed by atoms with Gasteiger partial charge < -0.3 is 20.1 Å². The first-order valence-electron chi connectivity index (χ1n) is 22.4. The summed E-state index contributed by atoms with van der Waals surface area (Å²) in [5.41, 5.74) is 5.35. The highest BCUT2D eigenvalue weighted by molar-refractivity contribution is 7.47. The summed E-state index contributed by atoms with van der Waals surface area (Å²) in [4.78, 5) is 34.9. The Hall–Kier alpha value is -2.55. The number of carbonyl (C=O) groups excluding carboxylic acids is 2. The van der Waals surface area contributed by atoms with E-state index < -0.39 is 32.5 Å². The fraction of sp³-hybridized carbons (Fsp3) is 0.702. The van der Waals surface area contributed by atoms with Crippen molar-refractivity contribution in [1.82, 2.24) is 0 Å². The SMILES string of the molecule is CCCCCC=CCC=CCC=CCC=CCCCCCC(=O)OC(COC(=O)CCCCCCCCCC=CCC=CCCCCC)COP(=O)(O)OCCN. The van der Waals surface area contributed by atoms with Crippen molar-refractivity contribution < 1.29 is 37.6 Å². The third-order valence-electron chi connectivity index (χ3n) is 9.06. The number of nitrogens with two attached hydrogens (primary N) is 1. The monoisotopic (exact) mass is 820 g/mol. The number of hydrogen-bond acceptors (Lipinski definition) is 8. The summed E-state index contributed by atoms with van der Waals surface area (Å²) in [6.45, 7) is 3.62. The molecule has 0 aliphatic heterocycles. The van der Waals surface area contributed by atoms with Gasteiger partial charge >= 0.3 is 19.8 Å². The molecule has 0 aromatic heterocycles. The highest BCUT2D eigenvalue weighted by Gasteiger charge is 2.26. The van der Waals surface area contributed by atoms with Crippen LogP contribution in [0.2, 0.25) is 0 Å². The molecule has 0 rings (SSSR count). The molecule has 0 heterocycles. The molecule has 0 radical (unpaired) electrons.